The van der Waals surface area contributed by atoms with E-state index in [-0.39, 0.29) is 5.54 Å². The van der Waals surface area contributed by atoms with Crippen molar-refractivity contribution in [2.75, 3.05) is 25.5 Å². The molecule has 1 N–H and O–H groups in total. The summed E-state index contributed by atoms with van der Waals surface area (Å²) in [5.74, 6) is 0.712. The maximum atomic E-state index is 4.77. The van der Waals surface area contributed by atoms with E-state index in [1.54, 1.807) is 0 Å². The normalized spacial score (nSPS) is 25.3. The lowest BCUT2D eigenvalue weighted by molar-refractivity contribution is 0.200. The van der Waals surface area contributed by atoms with Crippen LogP contribution in [0.15, 0.2) is 24.3 Å². The van der Waals surface area contributed by atoms with Gasteiger partial charge in [0.05, 0.1) is 6.17 Å². The third-order valence-electron chi connectivity index (χ3n) is 5.57. The van der Waals surface area contributed by atoms with E-state index in [4.69, 9.17) is 5.32 Å². The van der Waals surface area contributed by atoms with Gasteiger partial charge in [0, 0.05) is 31.9 Å². The number of nitrogens with one attached hydrogen (secondary N) is 1. The topological polar surface area (TPSA) is 29.4 Å². The smallest absolute Gasteiger partial charge is 0.0743 e. The van der Waals surface area contributed by atoms with Gasteiger partial charge in [0.15, 0.2) is 0 Å². The Hall–Kier alpha value is -1.06. The lowest BCUT2D eigenvalue weighted by Gasteiger charge is -2.41. The van der Waals surface area contributed by atoms with Crippen LogP contribution < -0.4 is 15.5 Å². The number of anilines is 1. The molecule has 3 rings (SSSR count). The zero-order valence-corrected chi connectivity index (χ0v) is 14.3. The fourth-order valence-corrected chi connectivity index (χ4v) is 4.31. The van der Waals surface area contributed by atoms with Crippen LogP contribution in [0, 0.1) is 5.92 Å². The molecule has 1 aromatic rings. The number of nitrogens with zero attached hydrogens (tertiary/aromatic N) is 2. The molecule has 1 aliphatic carbocycles. The molecule has 2 aliphatic rings. The molecule has 121 valence electrons. The van der Waals surface area contributed by atoms with Crippen LogP contribution in [-0.4, -0.2) is 26.8 Å². The van der Waals surface area contributed by atoms with Gasteiger partial charge >= 0.3 is 0 Å². The minimum atomic E-state index is 0.0237. The summed E-state index contributed by atoms with van der Waals surface area (Å²) in [7, 11) is 4.29. The molecule has 0 bridgehead atoms. The second kappa shape index (κ2) is 6.59. The molecule has 0 amide bonds. The van der Waals surface area contributed by atoms with Gasteiger partial charge in [-0.3, -0.25) is 5.32 Å². The Bertz CT molecular complexity index is 487. The zero-order valence-electron chi connectivity index (χ0n) is 14.3. The fraction of sp³-hybridized carbons (Fsp3) is 0.684. The number of hydrogen-bond donors (Lipinski definition) is 1. The Labute approximate surface area is 135 Å². The van der Waals surface area contributed by atoms with Crippen LogP contribution in [0.5, 0.6) is 0 Å². The molecule has 2 fully saturated rings. The maximum absolute atomic E-state index is 4.77. The summed E-state index contributed by atoms with van der Waals surface area (Å²) in [4.78, 5) is 2.25. The highest BCUT2D eigenvalue weighted by Gasteiger charge is 2.41. The van der Waals surface area contributed by atoms with Crippen molar-refractivity contribution in [1.29, 1.82) is 0 Å². The molecule has 1 saturated heterocycles. The third-order valence-corrected chi connectivity index (χ3v) is 5.57. The van der Waals surface area contributed by atoms with Crippen molar-refractivity contribution < 1.29 is 0 Å². The van der Waals surface area contributed by atoms with Crippen molar-refractivity contribution in [3.63, 3.8) is 0 Å². The van der Waals surface area contributed by atoms with E-state index >= 15 is 0 Å². The Morgan fingerprint density at radius 2 is 1.82 bits per heavy atom. The number of para-hydroxylation sites is 1. The minimum Gasteiger partial charge on any atom is -0.377 e. The lowest BCUT2D eigenvalue weighted by Crippen LogP contribution is -2.52. The Morgan fingerprint density at radius 1 is 1.09 bits per heavy atom. The van der Waals surface area contributed by atoms with Crippen molar-refractivity contribution in [2.24, 2.45) is 5.92 Å². The fourth-order valence-electron chi connectivity index (χ4n) is 4.31. The van der Waals surface area contributed by atoms with Gasteiger partial charge in [0.25, 0.3) is 0 Å². The van der Waals surface area contributed by atoms with Crippen LogP contribution >= 0.6 is 0 Å². The average Bonchev–Trinajstić information content (AvgIpc) is 3.20. The predicted octanol–water partition coefficient (Wildman–Crippen LogP) is 3.47. The van der Waals surface area contributed by atoms with E-state index in [2.05, 4.69) is 55.5 Å². The molecule has 0 spiro atoms. The molecule has 1 saturated carbocycles. The molecular formula is C19H30N3. The molecule has 22 heavy (non-hydrogen) atoms. The Morgan fingerprint density at radius 3 is 2.45 bits per heavy atom. The highest BCUT2D eigenvalue weighted by molar-refractivity contribution is 5.55. The second-order valence-corrected chi connectivity index (χ2v) is 7.30. The van der Waals surface area contributed by atoms with Crippen molar-refractivity contribution >= 4 is 5.69 Å². The van der Waals surface area contributed by atoms with Crippen LogP contribution in [0.3, 0.4) is 0 Å². The lowest BCUT2D eigenvalue weighted by atomic mass is 9.77. The summed E-state index contributed by atoms with van der Waals surface area (Å²) in [6, 6.07) is 8.89. The molecule has 0 aromatic heterocycles. The number of rotatable bonds is 5. The first kappa shape index (κ1) is 15.8. The summed E-state index contributed by atoms with van der Waals surface area (Å²) < 4.78 is 0. The number of benzene rings is 1. The van der Waals surface area contributed by atoms with Crippen molar-refractivity contribution in [3.05, 3.63) is 29.8 Å². The first-order valence-electron chi connectivity index (χ1n) is 8.82. The van der Waals surface area contributed by atoms with E-state index in [1.807, 2.05) is 0 Å². The highest BCUT2D eigenvalue weighted by atomic mass is 15.2. The second-order valence-electron chi connectivity index (χ2n) is 7.30. The van der Waals surface area contributed by atoms with Crippen molar-refractivity contribution in [2.45, 2.75) is 57.2 Å². The molecule has 2 atom stereocenters. The number of hydrogen-bond acceptors (Lipinski definition) is 2. The molecule has 1 aromatic carbocycles. The van der Waals surface area contributed by atoms with Gasteiger partial charge in [-0.05, 0) is 50.2 Å². The molecule has 3 heteroatoms. The first-order chi connectivity index (χ1) is 10.6. The van der Waals surface area contributed by atoms with Crippen LogP contribution in [-0.2, 0) is 5.54 Å². The SMILES string of the molecule is CN(C)c1ccccc1C(C)(NC1CCC[N]1)C1CCCC1. The molecule has 3 nitrogen and oxygen atoms in total. The predicted molar refractivity (Wildman–Crippen MR) is 93.2 cm³/mol. The largest absolute Gasteiger partial charge is 0.377 e. The molecule has 1 aliphatic heterocycles. The van der Waals surface area contributed by atoms with Crippen LogP contribution in [0.4, 0.5) is 5.69 Å². The van der Waals surface area contributed by atoms with E-state index < -0.39 is 0 Å². The summed E-state index contributed by atoms with van der Waals surface area (Å²) in [5, 5.41) is 8.72. The van der Waals surface area contributed by atoms with Crippen LogP contribution in [0.2, 0.25) is 0 Å². The quantitative estimate of drug-likeness (QED) is 0.902. The van der Waals surface area contributed by atoms with Crippen molar-refractivity contribution in [3.8, 4) is 0 Å². The standard InChI is InChI=1S/C19H30N3/c1-19(15-9-4-5-10-15,21-18-13-8-14-20-18)16-11-6-7-12-17(16)22(2)3/h6-7,11-12,15,18,21H,4-5,8-10,13-14H2,1-3H3. The van der Waals surface area contributed by atoms with Gasteiger partial charge < -0.3 is 4.90 Å². The Kier molecular flexibility index (Phi) is 4.74. The minimum absolute atomic E-state index is 0.0237. The molecule has 2 unspecified atom stereocenters. The van der Waals surface area contributed by atoms with Gasteiger partial charge in [0.2, 0.25) is 0 Å². The first-order valence-corrected chi connectivity index (χ1v) is 8.82. The van der Waals surface area contributed by atoms with E-state index in [9.17, 15) is 0 Å². The van der Waals surface area contributed by atoms with Crippen molar-refractivity contribution in [1.82, 2.24) is 10.6 Å². The van der Waals surface area contributed by atoms with Gasteiger partial charge in [-0.2, -0.15) is 0 Å². The van der Waals surface area contributed by atoms with E-state index in [1.165, 1.54) is 49.8 Å². The van der Waals surface area contributed by atoms with Gasteiger partial charge in [-0.1, -0.05) is 31.0 Å². The highest BCUT2D eigenvalue weighted by Crippen LogP contribution is 2.43. The monoisotopic (exact) mass is 300 g/mol. The Balaban J connectivity index is 1.96. The van der Waals surface area contributed by atoms with Gasteiger partial charge in [-0.25, -0.2) is 5.32 Å². The van der Waals surface area contributed by atoms with Crippen LogP contribution in [0.25, 0.3) is 0 Å². The summed E-state index contributed by atoms with van der Waals surface area (Å²) in [6.45, 7) is 3.44. The molecule has 1 radical (unpaired) electrons. The average molecular weight is 300 g/mol. The van der Waals surface area contributed by atoms with E-state index in [0.717, 1.165) is 6.54 Å². The molecule has 1 heterocycles. The van der Waals surface area contributed by atoms with E-state index in [0.29, 0.717) is 12.1 Å². The summed E-state index contributed by atoms with van der Waals surface area (Å²) >= 11 is 0. The zero-order chi connectivity index (χ0) is 15.6. The van der Waals surface area contributed by atoms with Crippen LogP contribution in [0.1, 0.15) is 51.0 Å². The summed E-state index contributed by atoms with van der Waals surface area (Å²) in [6.07, 6.45) is 8.15. The van der Waals surface area contributed by atoms with Gasteiger partial charge in [-0.15, -0.1) is 0 Å². The van der Waals surface area contributed by atoms with Gasteiger partial charge in [0.1, 0.15) is 0 Å². The molecular weight excluding hydrogens is 270 g/mol. The summed E-state index contributed by atoms with van der Waals surface area (Å²) in [5.41, 5.74) is 2.80. The maximum Gasteiger partial charge on any atom is 0.0743 e. The third kappa shape index (κ3) is 3.02.